The first-order valence-electron chi connectivity index (χ1n) is 12.4. The maximum Gasteiger partial charge on any atom is 0.295 e. The van der Waals surface area contributed by atoms with E-state index >= 15 is 0 Å². The molecule has 2 aromatic carbocycles. The third-order valence-electron chi connectivity index (χ3n) is 6.42. The van der Waals surface area contributed by atoms with Crippen LogP contribution >= 0.6 is 11.8 Å². The molecule has 0 fully saturated rings. The lowest BCUT2D eigenvalue weighted by atomic mass is 9.87. The van der Waals surface area contributed by atoms with Crippen molar-refractivity contribution < 1.29 is 9.53 Å². The predicted molar refractivity (Wildman–Crippen MR) is 150 cm³/mol. The van der Waals surface area contributed by atoms with E-state index in [-0.39, 0.29) is 34.4 Å². The lowest BCUT2D eigenvalue weighted by Crippen LogP contribution is -2.23. The van der Waals surface area contributed by atoms with Crippen LogP contribution in [0.4, 0.5) is 5.69 Å². The number of rotatable bonds is 8. The topological polar surface area (TPSA) is 96.0 Å². The highest BCUT2D eigenvalue weighted by atomic mass is 32.2. The van der Waals surface area contributed by atoms with Crippen LogP contribution in [0, 0.1) is 6.92 Å². The van der Waals surface area contributed by atoms with Crippen molar-refractivity contribution >= 4 is 23.4 Å². The van der Waals surface area contributed by atoms with Crippen LogP contribution in [0.3, 0.4) is 0 Å². The number of benzene rings is 2. The lowest BCUT2D eigenvalue weighted by molar-refractivity contribution is -0.113. The number of nitrogens with zero attached hydrogens (tertiary/aromatic N) is 5. The van der Waals surface area contributed by atoms with Gasteiger partial charge in [-0.25, -0.2) is 4.68 Å². The van der Waals surface area contributed by atoms with Crippen LogP contribution in [-0.4, -0.2) is 35.8 Å². The molecule has 0 spiro atoms. The molecule has 0 bridgehead atoms. The molecule has 4 aromatic rings. The Hall–Kier alpha value is -3.79. The van der Waals surface area contributed by atoms with Gasteiger partial charge in [0.05, 0.1) is 17.1 Å². The predicted octanol–water partition coefficient (Wildman–Crippen LogP) is 4.78. The Labute approximate surface area is 226 Å². The summed E-state index contributed by atoms with van der Waals surface area (Å²) in [6, 6.07) is 17.4. The molecule has 200 valence electrons. The Balaban J connectivity index is 1.39. The Morgan fingerprint density at radius 3 is 2.34 bits per heavy atom. The molecule has 1 unspecified atom stereocenters. The zero-order valence-electron chi connectivity index (χ0n) is 22.8. The van der Waals surface area contributed by atoms with Gasteiger partial charge in [-0.1, -0.05) is 62.9 Å². The number of anilines is 1. The molecule has 1 amide bonds. The van der Waals surface area contributed by atoms with Crippen molar-refractivity contribution in [1.82, 2.24) is 24.1 Å². The Morgan fingerprint density at radius 2 is 1.71 bits per heavy atom. The van der Waals surface area contributed by atoms with Crippen LogP contribution in [0.2, 0.25) is 0 Å². The molecule has 0 radical (unpaired) electrons. The number of para-hydroxylation sites is 1. The zero-order chi connectivity index (χ0) is 27.6. The van der Waals surface area contributed by atoms with Crippen molar-refractivity contribution in [3.63, 3.8) is 0 Å². The van der Waals surface area contributed by atoms with E-state index in [0.717, 1.165) is 11.4 Å². The molecule has 0 aliphatic rings. The van der Waals surface area contributed by atoms with E-state index in [9.17, 15) is 9.59 Å². The number of amides is 1. The minimum atomic E-state index is -0.334. The van der Waals surface area contributed by atoms with Crippen LogP contribution in [-0.2, 0) is 24.3 Å². The van der Waals surface area contributed by atoms with Gasteiger partial charge in [0.15, 0.2) is 17.1 Å². The summed E-state index contributed by atoms with van der Waals surface area (Å²) in [5.74, 6) is 1.18. The SMILES string of the molecule is Cc1c(NC(=O)CSc2nnc(C(C)Oc3ccc(C(C)(C)C)cc3)n2C)c(=O)n(-c2ccccc2)n1C. The average Bonchev–Trinajstić information content (AvgIpc) is 3.35. The fourth-order valence-electron chi connectivity index (χ4n) is 4.11. The van der Waals surface area contributed by atoms with Gasteiger partial charge in [-0.05, 0) is 49.1 Å². The largest absolute Gasteiger partial charge is 0.483 e. The Morgan fingerprint density at radius 1 is 1.05 bits per heavy atom. The quantitative estimate of drug-likeness (QED) is 0.327. The van der Waals surface area contributed by atoms with Gasteiger partial charge in [-0.2, -0.15) is 0 Å². The molecule has 2 aromatic heterocycles. The van der Waals surface area contributed by atoms with Crippen LogP contribution in [0.15, 0.2) is 64.5 Å². The van der Waals surface area contributed by atoms with Crippen molar-refractivity contribution in [2.75, 3.05) is 11.1 Å². The second-order valence-electron chi connectivity index (χ2n) is 10.2. The first-order chi connectivity index (χ1) is 18.0. The van der Waals surface area contributed by atoms with Crippen LogP contribution in [0.1, 0.15) is 50.9 Å². The lowest BCUT2D eigenvalue weighted by Gasteiger charge is -2.20. The number of carbonyl (C=O) groups excluding carboxylic acids is 1. The number of aromatic nitrogens is 5. The number of hydrogen-bond donors (Lipinski definition) is 1. The molecule has 0 aliphatic heterocycles. The van der Waals surface area contributed by atoms with Crippen LogP contribution in [0.25, 0.3) is 5.69 Å². The maximum absolute atomic E-state index is 13.1. The molecule has 1 atom stereocenters. The number of thioether (sulfide) groups is 1. The van der Waals surface area contributed by atoms with Crippen LogP contribution < -0.4 is 15.6 Å². The van der Waals surface area contributed by atoms with Gasteiger partial charge in [0.2, 0.25) is 5.91 Å². The molecule has 9 nitrogen and oxygen atoms in total. The van der Waals surface area contributed by atoms with E-state index in [0.29, 0.717) is 16.7 Å². The van der Waals surface area contributed by atoms with E-state index < -0.39 is 0 Å². The van der Waals surface area contributed by atoms with Gasteiger partial charge in [-0.3, -0.25) is 14.3 Å². The van der Waals surface area contributed by atoms with E-state index in [1.165, 1.54) is 22.0 Å². The monoisotopic (exact) mass is 534 g/mol. The molecule has 4 rings (SSSR count). The highest BCUT2D eigenvalue weighted by molar-refractivity contribution is 7.99. The van der Waals surface area contributed by atoms with Crippen molar-refractivity contribution in [1.29, 1.82) is 0 Å². The molecule has 2 heterocycles. The molecule has 0 aliphatic carbocycles. The summed E-state index contributed by atoms with van der Waals surface area (Å²) >= 11 is 1.25. The second kappa shape index (κ2) is 10.9. The van der Waals surface area contributed by atoms with Gasteiger partial charge in [0.1, 0.15) is 11.4 Å². The van der Waals surface area contributed by atoms with Gasteiger partial charge >= 0.3 is 0 Å². The highest BCUT2D eigenvalue weighted by Gasteiger charge is 2.21. The minimum absolute atomic E-state index is 0.0731. The van der Waals surface area contributed by atoms with Crippen molar-refractivity contribution in [3.05, 3.63) is 82.0 Å². The van der Waals surface area contributed by atoms with Crippen molar-refractivity contribution in [3.8, 4) is 11.4 Å². The van der Waals surface area contributed by atoms with E-state index in [2.05, 4.69) is 48.4 Å². The third-order valence-corrected chi connectivity index (χ3v) is 7.44. The fraction of sp³-hybridized carbons (Fsp3) is 0.357. The molecule has 0 saturated carbocycles. The number of ether oxygens (including phenoxy) is 1. The van der Waals surface area contributed by atoms with Crippen molar-refractivity contribution in [2.45, 2.75) is 51.3 Å². The number of nitrogens with one attached hydrogen (secondary N) is 1. The van der Waals surface area contributed by atoms with E-state index in [4.69, 9.17) is 4.74 Å². The summed E-state index contributed by atoms with van der Waals surface area (Å²) in [7, 11) is 3.63. The minimum Gasteiger partial charge on any atom is -0.483 e. The fourth-order valence-corrected chi connectivity index (χ4v) is 4.83. The van der Waals surface area contributed by atoms with Gasteiger partial charge < -0.3 is 14.6 Å². The number of hydrogen-bond acceptors (Lipinski definition) is 6. The van der Waals surface area contributed by atoms with Crippen LogP contribution in [0.5, 0.6) is 5.75 Å². The van der Waals surface area contributed by atoms with E-state index in [1.807, 2.05) is 61.0 Å². The first-order valence-corrected chi connectivity index (χ1v) is 13.4. The summed E-state index contributed by atoms with van der Waals surface area (Å²) < 4.78 is 11.2. The molecule has 0 saturated heterocycles. The molecular formula is C28H34N6O3S. The van der Waals surface area contributed by atoms with Crippen molar-refractivity contribution in [2.24, 2.45) is 14.1 Å². The van der Waals surface area contributed by atoms with Gasteiger partial charge in [0.25, 0.3) is 5.56 Å². The normalized spacial score (nSPS) is 12.4. The van der Waals surface area contributed by atoms with E-state index in [1.54, 1.807) is 18.7 Å². The Kier molecular flexibility index (Phi) is 7.82. The zero-order valence-corrected chi connectivity index (χ0v) is 23.7. The average molecular weight is 535 g/mol. The first kappa shape index (κ1) is 27.3. The summed E-state index contributed by atoms with van der Waals surface area (Å²) in [5, 5.41) is 11.9. The number of carbonyl (C=O) groups is 1. The second-order valence-corrected chi connectivity index (χ2v) is 11.2. The highest BCUT2D eigenvalue weighted by Crippen LogP contribution is 2.27. The smallest absolute Gasteiger partial charge is 0.295 e. The molecular weight excluding hydrogens is 500 g/mol. The summed E-state index contributed by atoms with van der Waals surface area (Å²) in [4.78, 5) is 25.8. The maximum atomic E-state index is 13.1. The summed E-state index contributed by atoms with van der Waals surface area (Å²) in [6.07, 6.45) is -0.334. The third kappa shape index (κ3) is 5.70. The summed E-state index contributed by atoms with van der Waals surface area (Å²) in [5.41, 5.74) is 2.68. The molecule has 38 heavy (non-hydrogen) atoms. The summed E-state index contributed by atoms with van der Waals surface area (Å²) in [6.45, 7) is 10.2. The molecule has 1 N–H and O–H groups in total. The van der Waals surface area contributed by atoms with Gasteiger partial charge in [0, 0.05) is 14.1 Å². The standard InChI is InChI=1S/C28H34N6O3S/c1-18-24(26(36)34(33(18)7)21-11-9-8-10-12-21)29-23(35)17-38-27-31-30-25(32(27)6)19(2)37-22-15-13-20(14-16-22)28(3,4)5/h8-16,19H,17H2,1-7H3,(H,29,35). The molecule has 10 heteroatoms. The van der Waals surface area contributed by atoms with Gasteiger partial charge in [-0.15, -0.1) is 10.2 Å². The Bertz CT molecular complexity index is 1480.